The Kier molecular flexibility index (Phi) is 5.68. The summed E-state index contributed by atoms with van der Waals surface area (Å²) in [6.45, 7) is 2.11. The Morgan fingerprint density at radius 3 is 2.42 bits per heavy atom. The number of halogens is 1. The summed E-state index contributed by atoms with van der Waals surface area (Å²) in [5.74, 6) is 0. The van der Waals surface area contributed by atoms with E-state index in [0.29, 0.717) is 6.10 Å². The fourth-order valence-corrected chi connectivity index (χ4v) is 2.83. The molecule has 2 atom stereocenters. The SMILES string of the molecule is CCC(N)C(OC1CCCCC1)c1ccc(Cl)cc1. The van der Waals surface area contributed by atoms with Crippen molar-refractivity contribution in [2.75, 3.05) is 0 Å². The molecule has 0 heterocycles. The van der Waals surface area contributed by atoms with Gasteiger partial charge in [0, 0.05) is 11.1 Å². The number of hydrogen-bond acceptors (Lipinski definition) is 2. The van der Waals surface area contributed by atoms with Gasteiger partial charge in [-0.15, -0.1) is 0 Å². The van der Waals surface area contributed by atoms with Crippen LogP contribution < -0.4 is 5.73 Å². The summed E-state index contributed by atoms with van der Waals surface area (Å²) in [5.41, 5.74) is 7.39. The van der Waals surface area contributed by atoms with Gasteiger partial charge in [-0.1, -0.05) is 49.9 Å². The monoisotopic (exact) mass is 281 g/mol. The molecule has 1 aliphatic carbocycles. The predicted octanol–water partition coefficient (Wildman–Crippen LogP) is 4.47. The minimum absolute atomic E-state index is 0.00892. The zero-order valence-electron chi connectivity index (χ0n) is 11.6. The second-order valence-corrected chi connectivity index (χ2v) is 5.88. The van der Waals surface area contributed by atoms with Crippen LogP contribution in [-0.4, -0.2) is 12.1 Å². The molecule has 0 aliphatic heterocycles. The molecule has 2 N–H and O–H groups in total. The minimum Gasteiger partial charge on any atom is -0.369 e. The van der Waals surface area contributed by atoms with Crippen LogP contribution in [0.1, 0.15) is 57.1 Å². The van der Waals surface area contributed by atoms with E-state index in [0.717, 1.165) is 17.0 Å². The van der Waals surface area contributed by atoms with Crippen molar-refractivity contribution in [2.45, 2.75) is 63.7 Å². The standard InChI is InChI=1S/C16H24ClNO/c1-2-15(18)16(12-8-10-13(17)11-9-12)19-14-6-4-3-5-7-14/h8-11,14-16H,2-7,18H2,1H3. The van der Waals surface area contributed by atoms with Crippen molar-refractivity contribution >= 4 is 11.6 Å². The third kappa shape index (κ3) is 4.20. The highest BCUT2D eigenvalue weighted by molar-refractivity contribution is 6.30. The second kappa shape index (κ2) is 7.28. The van der Waals surface area contributed by atoms with Crippen LogP contribution in [-0.2, 0) is 4.74 Å². The first-order valence-electron chi connectivity index (χ1n) is 7.37. The summed E-state index contributed by atoms with van der Waals surface area (Å²) in [6.07, 6.45) is 7.50. The number of ether oxygens (including phenoxy) is 1. The Morgan fingerprint density at radius 1 is 1.21 bits per heavy atom. The van der Waals surface area contributed by atoms with Crippen LogP contribution in [0, 0.1) is 0 Å². The summed E-state index contributed by atoms with van der Waals surface area (Å²) in [5, 5.41) is 0.755. The van der Waals surface area contributed by atoms with Crippen molar-refractivity contribution in [3.05, 3.63) is 34.9 Å². The molecule has 0 aromatic heterocycles. The van der Waals surface area contributed by atoms with Gasteiger partial charge in [-0.05, 0) is 37.0 Å². The molecule has 1 aromatic rings. The molecule has 1 saturated carbocycles. The van der Waals surface area contributed by atoms with Crippen molar-refractivity contribution in [3.8, 4) is 0 Å². The van der Waals surface area contributed by atoms with Crippen molar-refractivity contribution in [1.29, 1.82) is 0 Å². The number of rotatable bonds is 5. The van der Waals surface area contributed by atoms with E-state index in [1.165, 1.54) is 32.1 Å². The number of benzene rings is 1. The van der Waals surface area contributed by atoms with Gasteiger partial charge in [0.05, 0.1) is 12.2 Å². The molecule has 0 spiro atoms. The van der Waals surface area contributed by atoms with Crippen molar-refractivity contribution < 1.29 is 4.74 Å². The third-order valence-electron chi connectivity index (χ3n) is 3.95. The van der Waals surface area contributed by atoms with Gasteiger partial charge in [0.1, 0.15) is 0 Å². The van der Waals surface area contributed by atoms with E-state index in [4.69, 9.17) is 22.1 Å². The summed E-state index contributed by atoms with van der Waals surface area (Å²) in [6, 6.07) is 7.94. The van der Waals surface area contributed by atoms with Crippen molar-refractivity contribution in [3.63, 3.8) is 0 Å². The van der Waals surface area contributed by atoms with Crippen molar-refractivity contribution in [1.82, 2.24) is 0 Å². The van der Waals surface area contributed by atoms with Crippen LogP contribution in [0.4, 0.5) is 0 Å². The highest BCUT2D eigenvalue weighted by Gasteiger charge is 2.24. The molecule has 1 fully saturated rings. The molecule has 1 aliphatic rings. The zero-order valence-corrected chi connectivity index (χ0v) is 12.4. The lowest BCUT2D eigenvalue weighted by molar-refractivity contribution is -0.0437. The van der Waals surface area contributed by atoms with E-state index < -0.39 is 0 Å². The number of nitrogens with two attached hydrogens (primary N) is 1. The van der Waals surface area contributed by atoms with Crippen LogP contribution in [0.25, 0.3) is 0 Å². The Labute approximate surface area is 121 Å². The Hall–Kier alpha value is -0.570. The molecule has 2 rings (SSSR count). The van der Waals surface area contributed by atoms with Crippen LogP contribution in [0.3, 0.4) is 0 Å². The molecular weight excluding hydrogens is 258 g/mol. The highest BCUT2D eigenvalue weighted by atomic mass is 35.5. The summed E-state index contributed by atoms with van der Waals surface area (Å²) in [7, 11) is 0. The first-order valence-corrected chi connectivity index (χ1v) is 7.75. The minimum atomic E-state index is -0.00892. The first-order chi connectivity index (χ1) is 9.20. The smallest absolute Gasteiger partial charge is 0.0979 e. The molecule has 2 nitrogen and oxygen atoms in total. The molecule has 3 heteroatoms. The Bertz CT molecular complexity index is 373. The molecule has 1 aromatic carbocycles. The lowest BCUT2D eigenvalue weighted by Gasteiger charge is -2.31. The van der Waals surface area contributed by atoms with Gasteiger partial charge in [0.2, 0.25) is 0 Å². The van der Waals surface area contributed by atoms with E-state index in [1.54, 1.807) is 0 Å². The van der Waals surface area contributed by atoms with E-state index in [2.05, 4.69) is 6.92 Å². The lowest BCUT2D eigenvalue weighted by Crippen LogP contribution is -2.33. The fraction of sp³-hybridized carbons (Fsp3) is 0.625. The fourth-order valence-electron chi connectivity index (χ4n) is 2.70. The van der Waals surface area contributed by atoms with Gasteiger partial charge in [0.25, 0.3) is 0 Å². The average Bonchev–Trinajstić information content (AvgIpc) is 2.46. The largest absolute Gasteiger partial charge is 0.369 e. The predicted molar refractivity (Wildman–Crippen MR) is 80.4 cm³/mol. The van der Waals surface area contributed by atoms with Gasteiger partial charge in [-0.2, -0.15) is 0 Å². The molecule has 0 radical (unpaired) electrons. The molecule has 0 saturated heterocycles. The molecule has 0 bridgehead atoms. The maximum atomic E-state index is 6.30. The first kappa shape index (κ1) is 14.8. The topological polar surface area (TPSA) is 35.2 Å². The second-order valence-electron chi connectivity index (χ2n) is 5.44. The Balaban J connectivity index is 2.08. The zero-order chi connectivity index (χ0) is 13.7. The van der Waals surface area contributed by atoms with Gasteiger partial charge in [-0.3, -0.25) is 0 Å². The molecule has 0 amide bonds. The van der Waals surface area contributed by atoms with Crippen LogP contribution in [0.2, 0.25) is 5.02 Å². The molecule has 106 valence electrons. The van der Waals surface area contributed by atoms with E-state index in [-0.39, 0.29) is 12.1 Å². The quantitative estimate of drug-likeness (QED) is 0.864. The van der Waals surface area contributed by atoms with Crippen LogP contribution in [0.5, 0.6) is 0 Å². The molecular formula is C16H24ClNO. The van der Waals surface area contributed by atoms with Crippen molar-refractivity contribution in [2.24, 2.45) is 5.73 Å². The number of hydrogen-bond donors (Lipinski definition) is 1. The molecule has 19 heavy (non-hydrogen) atoms. The average molecular weight is 282 g/mol. The van der Waals surface area contributed by atoms with Gasteiger partial charge >= 0.3 is 0 Å². The summed E-state index contributed by atoms with van der Waals surface area (Å²) in [4.78, 5) is 0. The lowest BCUT2D eigenvalue weighted by atomic mass is 9.96. The van der Waals surface area contributed by atoms with E-state index in [1.807, 2.05) is 24.3 Å². The maximum absolute atomic E-state index is 6.30. The van der Waals surface area contributed by atoms with E-state index in [9.17, 15) is 0 Å². The van der Waals surface area contributed by atoms with Gasteiger partial charge in [-0.25, -0.2) is 0 Å². The van der Waals surface area contributed by atoms with Gasteiger partial charge < -0.3 is 10.5 Å². The van der Waals surface area contributed by atoms with Crippen LogP contribution >= 0.6 is 11.6 Å². The summed E-state index contributed by atoms with van der Waals surface area (Å²) < 4.78 is 6.30. The highest BCUT2D eigenvalue weighted by Crippen LogP contribution is 2.30. The Morgan fingerprint density at radius 2 is 1.84 bits per heavy atom. The molecule has 2 unspecified atom stereocenters. The van der Waals surface area contributed by atoms with E-state index >= 15 is 0 Å². The maximum Gasteiger partial charge on any atom is 0.0979 e. The van der Waals surface area contributed by atoms with Gasteiger partial charge in [0.15, 0.2) is 0 Å². The van der Waals surface area contributed by atoms with Crippen LogP contribution in [0.15, 0.2) is 24.3 Å². The summed E-state index contributed by atoms with van der Waals surface area (Å²) >= 11 is 5.95. The third-order valence-corrected chi connectivity index (χ3v) is 4.20. The normalized spacial score (nSPS) is 20.2.